The maximum atomic E-state index is 11.6. The van der Waals surface area contributed by atoms with Gasteiger partial charge in [0.1, 0.15) is 5.75 Å². The van der Waals surface area contributed by atoms with E-state index in [0.717, 1.165) is 6.42 Å². The van der Waals surface area contributed by atoms with Crippen LogP contribution < -0.4 is 16.2 Å². The van der Waals surface area contributed by atoms with Crippen LogP contribution in [0.2, 0.25) is 5.02 Å². The maximum Gasteiger partial charge on any atom is 0.311 e. The van der Waals surface area contributed by atoms with E-state index in [9.17, 15) is 4.79 Å². The molecule has 0 bridgehead atoms. The molecule has 1 rings (SSSR count). The molecule has 0 amide bonds. The first-order valence-electron chi connectivity index (χ1n) is 5.49. The van der Waals surface area contributed by atoms with Gasteiger partial charge in [0, 0.05) is 18.6 Å². The van der Waals surface area contributed by atoms with E-state index < -0.39 is 0 Å². The molecule has 0 aliphatic rings. The third-order valence-corrected chi connectivity index (χ3v) is 2.98. The number of ether oxygens (including phenoxy) is 1. The maximum absolute atomic E-state index is 11.6. The number of halogens is 1. The Morgan fingerprint density at radius 3 is 2.41 bits per heavy atom. The smallest absolute Gasteiger partial charge is 0.311 e. The lowest BCUT2D eigenvalue weighted by molar-refractivity contribution is -0.135. The van der Waals surface area contributed by atoms with Crippen molar-refractivity contribution < 1.29 is 9.53 Å². The Balaban J connectivity index is 2.72. The van der Waals surface area contributed by atoms with Gasteiger partial charge in [-0.1, -0.05) is 31.9 Å². The molecule has 1 atom stereocenters. The second kappa shape index (κ2) is 5.77. The van der Waals surface area contributed by atoms with Crippen molar-refractivity contribution in [2.45, 2.75) is 26.7 Å². The lowest BCUT2D eigenvalue weighted by Crippen LogP contribution is -2.12. The fourth-order valence-corrected chi connectivity index (χ4v) is 1.41. The van der Waals surface area contributed by atoms with Crippen molar-refractivity contribution >= 4 is 28.9 Å². The first-order chi connectivity index (χ1) is 7.93. The van der Waals surface area contributed by atoms with E-state index in [0.29, 0.717) is 29.5 Å². The van der Waals surface area contributed by atoms with Crippen molar-refractivity contribution in [3.05, 3.63) is 17.2 Å². The summed E-state index contributed by atoms with van der Waals surface area (Å²) in [6.45, 7) is 4.02. The number of nitrogen functional groups attached to an aromatic ring is 2. The van der Waals surface area contributed by atoms with Crippen molar-refractivity contribution in [3.63, 3.8) is 0 Å². The van der Waals surface area contributed by atoms with Crippen molar-refractivity contribution in [2.75, 3.05) is 11.5 Å². The summed E-state index contributed by atoms with van der Waals surface area (Å²) in [6, 6.07) is 2.99. The van der Waals surface area contributed by atoms with Gasteiger partial charge in [-0.25, -0.2) is 0 Å². The molecule has 0 aliphatic heterocycles. The summed E-state index contributed by atoms with van der Waals surface area (Å²) in [4.78, 5) is 11.6. The Hall–Kier alpha value is -1.42. The normalized spacial score (nSPS) is 12.2. The Labute approximate surface area is 106 Å². The van der Waals surface area contributed by atoms with E-state index in [1.54, 1.807) is 0 Å². The number of esters is 1. The zero-order chi connectivity index (χ0) is 13.0. The van der Waals surface area contributed by atoms with Crippen LogP contribution in [0.3, 0.4) is 0 Å². The number of benzene rings is 1. The topological polar surface area (TPSA) is 78.3 Å². The van der Waals surface area contributed by atoms with Crippen molar-refractivity contribution in [2.24, 2.45) is 5.92 Å². The molecule has 0 aliphatic carbocycles. The molecule has 17 heavy (non-hydrogen) atoms. The van der Waals surface area contributed by atoms with Crippen LogP contribution in [-0.2, 0) is 4.79 Å². The zero-order valence-electron chi connectivity index (χ0n) is 10.00. The molecular weight excluding hydrogens is 240 g/mol. The van der Waals surface area contributed by atoms with Crippen LogP contribution in [0.4, 0.5) is 11.4 Å². The van der Waals surface area contributed by atoms with Crippen molar-refractivity contribution in [1.29, 1.82) is 0 Å². The SMILES string of the molecule is CCC(C)CC(=O)Oc1cc(N)c(Cl)c(N)c1. The van der Waals surface area contributed by atoms with Crippen LogP contribution in [0.5, 0.6) is 5.75 Å². The number of anilines is 2. The van der Waals surface area contributed by atoms with Gasteiger partial charge in [-0.3, -0.25) is 4.79 Å². The van der Waals surface area contributed by atoms with E-state index in [-0.39, 0.29) is 11.0 Å². The molecule has 4 nitrogen and oxygen atoms in total. The van der Waals surface area contributed by atoms with Gasteiger partial charge in [-0.05, 0) is 5.92 Å². The lowest BCUT2D eigenvalue weighted by Gasteiger charge is -2.10. The Kier molecular flexibility index (Phi) is 4.63. The van der Waals surface area contributed by atoms with Crippen LogP contribution in [0.1, 0.15) is 26.7 Å². The van der Waals surface area contributed by atoms with Gasteiger partial charge in [0.2, 0.25) is 0 Å². The molecule has 0 spiro atoms. The first-order valence-corrected chi connectivity index (χ1v) is 5.87. The van der Waals surface area contributed by atoms with Gasteiger partial charge in [0.15, 0.2) is 0 Å². The Morgan fingerprint density at radius 1 is 1.41 bits per heavy atom. The Bertz CT molecular complexity index is 398. The lowest BCUT2D eigenvalue weighted by atomic mass is 10.1. The van der Waals surface area contributed by atoms with E-state index in [1.165, 1.54) is 12.1 Å². The summed E-state index contributed by atoms with van der Waals surface area (Å²) in [7, 11) is 0. The monoisotopic (exact) mass is 256 g/mol. The molecule has 4 N–H and O–H groups in total. The summed E-state index contributed by atoms with van der Waals surface area (Å²) in [6.07, 6.45) is 1.30. The highest BCUT2D eigenvalue weighted by Crippen LogP contribution is 2.31. The molecule has 1 aromatic carbocycles. The fourth-order valence-electron chi connectivity index (χ4n) is 1.30. The second-order valence-corrected chi connectivity index (χ2v) is 4.49. The predicted molar refractivity (Wildman–Crippen MR) is 70.0 cm³/mol. The van der Waals surface area contributed by atoms with Gasteiger partial charge in [0.25, 0.3) is 0 Å². The van der Waals surface area contributed by atoms with Gasteiger partial charge in [-0.15, -0.1) is 0 Å². The summed E-state index contributed by atoms with van der Waals surface area (Å²) in [5, 5.41) is 0.284. The van der Waals surface area contributed by atoms with Gasteiger partial charge >= 0.3 is 5.97 Å². The van der Waals surface area contributed by atoms with Crippen LogP contribution >= 0.6 is 11.6 Å². The third kappa shape index (κ3) is 3.82. The predicted octanol–water partition coefficient (Wildman–Crippen LogP) is 2.85. The minimum atomic E-state index is -0.291. The van der Waals surface area contributed by atoms with Crippen LogP contribution in [0.25, 0.3) is 0 Å². The van der Waals surface area contributed by atoms with E-state index >= 15 is 0 Å². The summed E-state index contributed by atoms with van der Waals surface area (Å²) in [5.41, 5.74) is 11.9. The van der Waals surface area contributed by atoms with Crippen LogP contribution in [0.15, 0.2) is 12.1 Å². The largest absolute Gasteiger partial charge is 0.426 e. The standard InChI is InChI=1S/C12H17ClN2O2/c1-3-7(2)4-11(16)17-8-5-9(14)12(13)10(15)6-8/h5-7H,3-4,14-15H2,1-2H3. The minimum absolute atomic E-state index is 0.284. The molecular formula is C12H17ClN2O2. The van der Waals surface area contributed by atoms with E-state index in [1.807, 2.05) is 13.8 Å². The summed E-state index contributed by atoms with van der Waals surface area (Å²) < 4.78 is 5.15. The molecule has 1 aromatic rings. The fraction of sp³-hybridized carbons (Fsp3) is 0.417. The van der Waals surface area contributed by atoms with Crippen LogP contribution in [0, 0.1) is 5.92 Å². The van der Waals surface area contributed by atoms with Gasteiger partial charge in [-0.2, -0.15) is 0 Å². The number of hydrogen-bond acceptors (Lipinski definition) is 4. The molecule has 0 aromatic heterocycles. The molecule has 5 heteroatoms. The highest BCUT2D eigenvalue weighted by Gasteiger charge is 2.11. The quantitative estimate of drug-likeness (QED) is 0.493. The highest BCUT2D eigenvalue weighted by molar-refractivity contribution is 6.35. The minimum Gasteiger partial charge on any atom is -0.426 e. The number of carbonyl (C=O) groups excluding carboxylic acids is 1. The average molecular weight is 257 g/mol. The van der Waals surface area contributed by atoms with Crippen molar-refractivity contribution in [1.82, 2.24) is 0 Å². The molecule has 94 valence electrons. The molecule has 0 fully saturated rings. The van der Waals surface area contributed by atoms with Crippen molar-refractivity contribution in [3.8, 4) is 5.75 Å². The van der Waals surface area contributed by atoms with Gasteiger partial charge < -0.3 is 16.2 Å². The number of nitrogens with two attached hydrogens (primary N) is 2. The first kappa shape index (κ1) is 13.6. The molecule has 0 saturated heterocycles. The summed E-state index contributed by atoms with van der Waals surface area (Å²) in [5.74, 6) is 0.336. The van der Waals surface area contributed by atoms with Gasteiger partial charge in [0.05, 0.1) is 16.4 Å². The third-order valence-electron chi connectivity index (χ3n) is 2.55. The Morgan fingerprint density at radius 2 is 1.94 bits per heavy atom. The average Bonchev–Trinajstić information content (AvgIpc) is 2.25. The molecule has 0 heterocycles. The highest BCUT2D eigenvalue weighted by atomic mass is 35.5. The van der Waals surface area contributed by atoms with E-state index in [2.05, 4.69) is 0 Å². The molecule has 0 radical (unpaired) electrons. The van der Waals surface area contributed by atoms with Crippen LogP contribution in [-0.4, -0.2) is 5.97 Å². The summed E-state index contributed by atoms with van der Waals surface area (Å²) >= 11 is 5.80. The number of rotatable bonds is 4. The zero-order valence-corrected chi connectivity index (χ0v) is 10.8. The number of hydrogen-bond donors (Lipinski definition) is 2. The second-order valence-electron chi connectivity index (χ2n) is 4.11. The molecule has 1 unspecified atom stereocenters. The number of carbonyl (C=O) groups is 1. The molecule has 0 saturated carbocycles. The van der Waals surface area contributed by atoms with E-state index in [4.69, 9.17) is 27.8 Å².